The standard InChI is InChI=1S/C21H20F3N3O3/c1-2-30-20(29)27-18(10-13-12-25-17-9-4-3-8-16(13)17)19(28)26-15-7-5-6-14(11-15)21(22,23)24/h3-9,11-12,18,25H,2,10H2,1H3,(H,26,28)(H,27,29)/t18-/m1/s1. The molecule has 0 aliphatic heterocycles. The van der Waals surface area contributed by atoms with Gasteiger partial charge in [0.05, 0.1) is 12.2 Å². The maximum Gasteiger partial charge on any atom is 0.416 e. The molecule has 0 unspecified atom stereocenters. The molecule has 0 spiro atoms. The van der Waals surface area contributed by atoms with Gasteiger partial charge >= 0.3 is 12.3 Å². The van der Waals surface area contributed by atoms with Crippen LogP contribution in [0.4, 0.5) is 23.7 Å². The smallest absolute Gasteiger partial charge is 0.416 e. The largest absolute Gasteiger partial charge is 0.450 e. The zero-order valence-corrected chi connectivity index (χ0v) is 16.0. The summed E-state index contributed by atoms with van der Waals surface area (Å²) in [5.41, 5.74) is 0.725. The Morgan fingerprint density at radius 2 is 1.90 bits per heavy atom. The van der Waals surface area contributed by atoms with E-state index in [1.165, 1.54) is 12.1 Å². The van der Waals surface area contributed by atoms with Crippen LogP contribution in [0, 0.1) is 0 Å². The SMILES string of the molecule is CCOC(=O)N[C@H](Cc1c[nH]c2ccccc12)C(=O)Nc1cccc(C(F)(F)F)c1. The number of aromatic nitrogens is 1. The van der Waals surface area contributed by atoms with E-state index in [0.29, 0.717) is 0 Å². The Morgan fingerprint density at radius 3 is 2.63 bits per heavy atom. The highest BCUT2D eigenvalue weighted by Crippen LogP contribution is 2.30. The Labute approximate surface area is 170 Å². The third-order valence-corrected chi connectivity index (χ3v) is 4.44. The molecule has 30 heavy (non-hydrogen) atoms. The van der Waals surface area contributed by atoms with Gasteiger partial charge in [-0.3, -0.25) is 4.79 Å². The van der Waals surface area contributed by atoms with E-state index in [9.17, 15) is 22.8 Å². The minimum Gasteiger partial charge on any atom is -0.450 e. The van der Waals surface area contributed by atoms with Gasteiger partial charge in [-0.15, -0.1) is 0 Å². The van der Waals surface area contributed by atoms with Gasteiger partial charge in [-0.05, 0) is 36.8 Å². The molecule has 3 aromatic rings. The molecule has 1 heterocycles. The number of fused-ring (bicyclic) bond motifs is 1. The molecule has 0 bridgehead atoms. The van der Waals surface area contributed by atoms with Crippen LogP contribution in [-0.2, 0) is 22.1 Å². The highest BCUT2D eigenvalue weighted by atomic mass is 19.4. The van der Waals surface area contributed by atoms with Gasteiger partial charge < -0.3 is 20.4 Å². The Balaban J connectivity index is 1.82. The molecular weight excluding hydrogens is 399 g/mol. The van der Waals surface area contributed by atoms with Crippen molar-refractivity contribution in [2.24, 2.45) is 0 Å². The first kappa shape index (κ1) is 21.2. The van der Waals surface area contributed by atoms with Crippen molar-refractivity contribution in [3.63, 3.8) is 0 Å². The van der Waals surface area contributed by atoms with Crippen LogP contribution in [0.25, 0.3) is 10.9 Å². The van der Waals surface area contributed by atoms with E-state index in [0.717, 1.165) is 28.6 Å². The van der Waals surface area contributed by atoms with Crippen molar-refractivity contribution >= 4 is 28.6 Å². The Hall–Kier alpha value is -3.49. The quantitative estimate of drug-likeness (QED) is 0.551. The summed E-state index contributed by atoms with van der Waals surface area (Å²) in [6.07, 6.45) is -3.48. The number of aromatic amines is 1. The highest BCUT2D eigenvalue weighted by Gasteiger charge is 2.31. The number of para-hydroxylation sites is 1. The molecule has 1 atom stereocenters. The Bertz CT molecular complexity index is 1050. The molecule has 0 aliphatic rings. The van der Waals surface area contributed by atoms with Gasteiger partial charge in [0.1, 0.15) is 6.04 Å². The molecule has 6 nitrogen and oxygen atoms in total. The summed E-state index contributed by atoms with van der Waals surface area (Å²) in [5, 5.41) is 5.79. The molecule has 3 N–H and O–H groups in total. The number of halogens is 3. The van der Waals surface area contributed by atoms with E-state index >= 15 is 0 Å². The molecular formula is C21H20F3N3O3. The lowest BCUT2D eigenvalue weighted by Crippen LogP contribution is -2.45. The number of anilines is 1. The number of carbonyl (C=O) groups is 2. The molecule has 3 rings (SSSR count). The molecule has 0 saturated carbocycles. The number of nitrogens with one attached hydrogen (secondary N) is 3. The lowest BCUT2D eigenvalue weighted by molar-refractivity contribution is -0.137. The van der Waals surface area contributed by atoms with Crippen molar-refractivity contribution in [2.75, 3.05) is 11.9 Å². The number of carbonyl (C=O) groups excluding carboxylic acids is 2. The second kappa shape index (κ2) is 8.89. The summed E-state index contributed by atoms with van der Waals surface area (Å²) in [5.74, 6) is -0.660. The zero-order chi connectivity index (χ0) is 21.7. The van der Waals surface area contributed by atoms with Crippen molar-refractivity contribution in [1.29, 1.82) is 0 Å². The van der Waals surface area contributed by atoms with Gasteiger partial charge in [-0.2, -0.15) is 13.2 Å². The Kier molecular flexibility index (Phi) is 6.29. The van der Waals surface area contributed by atoms with Crippen LogP contribution in [0.3, 0.4) is 0 Å². The van der Waals surface area contributed by atoms with E-state index in [1.54, 1.807) is 13.1 Å². The average Bonchev–Trinajstić information content (AvgIpc) is 3.10. The number of alkyl halides is 3. The van der Waals surface area contributed by atoms with Crippen molar-refractivity contribution < 1.29 is 27.5 Å². The van der Waals surface area contributed by atoms with Crippen LogP contribution in [0.1, 0.15) is 18.1 Å². The predicted molar refractivity (Wildman–Crippen MR) is 106 cm³/mol. The second-order valence-corrected chi connectivity index (χ2v) is 6.55. The topological polar surface area (TPSA) is 83.2 Å². The Morgan fingerprint density at radius 1 is 1.13 bits per heavy atom. The summed E-state index contributed by atoms with van der Waals surface area (Å²) < 4.78 is 43.7. The van der Waals surface area contributed by atoms with Crippen LogP contribution >= 0.6 is 0 Å². The summed E-state index contributed by atoms with van der Waals surface area (Å²) in [4.78, 5) is 27.8. The second-order valence-electron chi connectivity index (χ2n) is 6.55. The monoisotopic (exact) mass is 419 g/mol. The highest BCUT2D eigenvalue weighted by molar-refractivity contribution is 5.97. The molecule has 0 radical (unpaired) electrons. The number of ether oxygens (including phenoxy) is 1. The van der Waals surface area contributed by atoms with Crippen LogP contribution in [-0.4, -0.2) is 29.6 Å². The van der Waals surface area contributed by atoms with E-state index < -0.39 is 29.8 Å². The summed E-state index contributed by atoms with van der Waals surface area (Å²) >= 11 is 0. The average molecular weight is 419 g/mol. The zero-order valence-electron chi connectivity index (χ0n) is 16.0. The van der Waals surface area contributed by atoms with E-state index in [-0.39, 0.29) is 18.7 Å². The van der Waals surface area contributed by atoms with E-state index in [4.69, 9.17) is 4.74 Å². The van der Waals surface area contributed by atoms with Gasteiger partial charge in [0, 0.05) is 29.2 Å². The minimum absolute atomic E-state index is 0.0237. The molecule has 158 valence electrons. The summed E-state index contributed by atoms with van der Waals surface area (Å²) in [6.45, 7) is 1.73. The number of H-pyrrole nitrogens is 1. The van der Waals surface area contributed by atoms with Crippen molar-refractivity contribution in [3.8, 4) is 0 Å². The number of amides is 2. The molecule has 9 heteroatoms. The number of alkyl carbamates (subject to hydrolysis) is 1. The molecule has 0 aliphatic carbocycles. The van der Waals surface area contributed by atoms with Gasteiger partial charge in [-0.1, -0.05) is 24.3 Å². The van der Waals surface area contributed by atoms with Crippen molar-refractivity contribution in [2.45, 2.75) is 25.6 Å². The van der Waals surface area contributed by atoms with Crippen LogP contribution < -0.4 is 10.6 Å². The van der Waals surface area contributed by atoms with Crippen molar-refractivity contribution in [3.05, 3.63) is 65.9 Å². The normalized spacial score (nSPS) is 12.4. The lowest BCUT2D eigenvalue weighted by Gasteiger charge is -2.18. The number of benzene rings is 2. The van der Waals surface area contributed by atoms with Crippen LogP contribution in [0.15, 0.2) is 54.7 Å². The fourth-order valence-electron chi connectivity index (χ4n) is 3.05. The van der Waals surface area contributed by atoms with Gasteiger partial charge in [-0.25, -0.2) is 4.79 Å². The fourth-order valence-corrected chi connectivity index (χ4v) is 3.05. The fraction of sp³-hybridized carbons (Fsp3) is 0.238. The first-order valence-electron chi connectivity index (χ1n) is 9.24. The first-order valence-corrected chi connectivity index (χ1v) is 9.24. The third kappa shape index (κ3) is 5.11. The summed E-state index contributed by atoms with van der Waals surface area (Å²) in [7, 11) is 0. The number of rotatable bonds is 6. The lowest BCUT2D eigenvalue weighted by atomic mass is 10.0. The maximum atomic E-state index is 12.9. The number of hydrogen-bond acceptors (Lipinski definition) is 3. The van der Waals surface area contributed by atoms with Crippen LogP contribution in [0.5, 0.6) is 0 Å². The first-order chi connectivity index (χ1) is 14.3. The minimum atomic E-state index is -4.53. The maximum absolute atomic E-state index is 12.9. The molecule has 0 saturated heterocycles. The number of hydrogen-bond donors (Lipinski definition) is 3. The van der Waals surface area contributed by atoms with E-state index in [1.807, 2.05) is 24.3 Å². The summed E-state index contributed by atoms with van der Waals surface area (Å²) in [6, 6.07) is 10.7. The molecule has 2 aromatic carbocycles. The van der Waals surface area contributed by atoms with Crippen molar-refractivity contribution in [1.82, 2.24) is 10.3 Å². The van der Waals surface area contributed by atoms with Gasteiger partial charge in [0.2, 0.25) is 5.91 Å². The molecule has 2 amide bonds. The van der Waals surface area contributed by atoms with Gasteiger partial charge in [0.25, 0.3) is 0 Å². The predicted octanol–water partition coefficient (Wildman–Crippen LogP) is 4.48. The van der Waals surface area contributed by atoms with E-state index in [2.05, 4.69) is 15.6 Å². The molecule has 1 aromatic heterocycles. The molecule has 0 fully saturated rings. The third-order valence-electron chi connectivity index (χ3n) is 4.44. The van der Waals surface area contributed by atoms with Gasteiger partial charge in [0.15, 0.2) is 0 Å². The van der Waals surface area contributed by atoms with Crippen LogP contribution in [0.2, 0.25) is 0 Å².